The minimum atomic E-state index is -1.43. The second kappa shape index (κ2) is 5.92. The van der Waals surface area contributed by atoms with Gasteiger partial charge >= 0.3 is 0 Å². The van der Waals surface area contributed by atoms with Crippen molar-refractivity contribution in [3.05, 3.63) is 0 Å². The lowest BCUT2D eigenvalue weighted by Gasteiger charge is -2.63. The molecule has 7 atom stereocenters. The Balaban J connectivity index is 1.58. The molecule has 5 saturated carbocycles. The highest BCUT2D eigenvalue weighted by Crippen LogP contribution is 2.63. The van der Waals surface area contributed by atoms with Crippen LogP contribution in [-0.2, 0) is 4.43 Å². The van der Waals surface area contributed by atoms with Crippen LogP contribution in [0.2, 0.25) is 18.1 Å². The van der Waals surface area contributed by atoms with Gasteiger partial charge in [0, 0.05) is 6.10 Å². The summed E-state index contributed by atoms with van der Waals surface area (Å²) in [6.07, 6.45) is 11.3. The molecule has 4 bridgehead atoms. The van der Waals surface area contributed by atoms with Crippen LogP contribution in [0.25, 0.3) is 0 Å². The van der Waals surface area contributed by atoms with E-state index in [1.165, 1.54) is 37.4 Å². The molecule has 0 aromatic heterocycles. The summed E-state index contributed by atoms with van der Waals surface area (Å²) in [5, 5.41) is 0. The largest absolute Gasteiger partial charge is 0.414 e. The minimum Gasteiger partial charge on any atom is -0.414 e. The molecule has 0 aromatic rings. The van der Waals surface area contributed by atoms with Gasteiger partial charge in [0.2, 0.25) is 0 Å². The van der Waals surface area contributed by atoms with E-state index in [9.17, 15) is 0 Å². The van der Waals surface area contributed by atoms with Crippen LogP contribution in [-0.4, -0.2) is 14.4 Å². The van der Waals surface area contributed by atoms with Crippen molar-refractivity contribution in [2.24, 2.45) is 35.5 Å². The first-order valence-electron chi connectivity index (χ1n) is 10.4. The quantitative estimate of drug-likeness (QED) is 0.577. The Kier molecular flexibility index (Phi) is 4.22. The molecule has 5 aliphatic carbocycles. The average molecular weight is 321 g/mol. The zero-order valence-electron chi connectivity index (χ0n) is 15.0. The summed E-state index contributed by atoms with van der Waals surface area (Å²) in [5.74, 6) is 6.36. The van der Waals surface area contributed by atoms with Gasteiger partial charge in [-0.3, -0.25) is 0 Å². The third-order valence-electron chi connectivity index (χ3n) is 8.60. The van der Waals surface area contributed by atoms with Crippen molar-refractivity contribution in [2.45, 2.75) is 90.0 Å². The third kappa shape index (κ3) is 2.27. The molecule has 22 heavy (non-hydrogen) atoms. The molecule has 5 fully saturated rings. The fourth-order valence-corrected chi connectivity index (χ4v) is 10.2. The number of rotatable bonds is 5. The molecule has 1 unspecified atom stereocenters. The van der Waals surface area contributed by atoms with E-state index in [0.717, 1.165) is 35.5 Å². The van der Waals surface area contributed by atoms with E-state index in [0.29, 0.717) is 6.10 Å². The molecule has 0 radical (unpaired) electrons. The van der Waals surface area contributed by atoms with E-state index < -0.39 is 8.32 Å². The Labute approximate surface area is 138 Å². The standard InChI is InChI=1S/C20H36OSi/c1-4-22(5-2,6-3)21-18-12-10-14-7-8-15-13-16-9-11-17(15)19(14)20(16)18/h14-20H,4-13H2,1-3H3/t14-,15?,16+,17-,18+,19+,20+/m1/s1. The first-order chi connectivity index (χ1) is 10.7. The fraction of sp³-hybridized carbons (Fsp3) is 1.00. The zero-order valence-corrected chi connectivity index (χ0v) is 16.0. The summed E-state index contributed by atoms with van der Waals surface area (Å²) in [7, 11) is -1.43. The monoisotopic (exact) mass is 320 g/mol. The van der Waals surface area contributed by atoms with Gasteiger partial charge in [-0.2, -0.15) is 0 Å². The van der Waals surface area contributed by atoms with Crippen LogP contribution in [0.3, 0.4) is 0 Å². The van der Waals surface area contributed by atoms with Crippen molar-refractivity contribution in [2.75, 3.05) is 0 Å². The second-order valence-corrected chi connectivity index (χ2v) is 13.7. The van der Waals surface area contributed by atoms with E-state index in [-0.39, 0.29) is 0 Å². The Morgan fingerprint density at radius 3 is 2.09 bits per heavy atom. The highest BCUT2D eigenvalue weighted by molar-refractivity contribution is 6.73. The molecule has 0 aromatic carbocycles. The van der Waals surface area contributed by atoms with Crippen molar-refractivity contribution in [3.63, 3.8) is 0 Å². The smallest absolute Gasteiger partial charge is 0.192 e. The summed E-state index contributed by atoms with van der Waals surface area (Å²) >= 11 is 0. The van der Waals surface area contributed by atoms with E-state index in [4.69, 9.17) is 4.43 Å². The molecular weight excluding hydrogens is 284 g/mol. The van der Waals surface area contributed by atoms with Gasteiger partial charge in [0.25, 0.3) is 0 Å². The van der Waals surface area contributed by atoms with E-state index in [1.807, 2.05) is 0 Å². The molecule has 0 spiro atoms. The fourth-order valence-electron chi connectivity index (χ4n) is 7.31. The van der Waals surface area contributed by atoms with E-state index in [1.54, 1.807) is 25.7 Å². The van der Waals surface area contributed by atoms with Gasteiger partial charge in [0.05, 0.1) is 0 Å². The lowest BCUT2D eigenvalue weighted by Crippen LogP contribution is -2.58. The van der Waals surface area contributed by atoms with Crippen LogP contribution in [0.1, 0.15) is 65.7 Å². The molecule has 1 nitrogen and oxygen atoms in total. The molecule has 126 valence electrons. The van der Waals surface area contributed by atoms with Crippen molar-refractivity contribution in [1.82, 2.24) is 0 Å². The number of hydrogen-bond acceptors (Lipinski definition) is 1. The summed E-state index contributed by atoms with van der Waals surface area (Å²) in [4.78, 5) is 0. The predicted octanol–water partition coefficient (Wildman–Crippen LogP) is 5.86. The van der Waals surface area contributed by atoms with E-state index >= 15 is 0 Å². The third-order valence-corrected chi connectivity index (χ3v) is 13.3. The maximum Gasteiger partial charge on any atom is 0.192 e. The lowest BCUT2D eigenvalue weighted by molar-refractivity contribution is -0.149. The maximum atomic E-state index is 7.10. The van der Waals surface area contributed by atoms with Crippen LogP contribution in [0.15, 0.2) is 0 Å². The van der Waals surface area contributed by atoms with Gasteiger partial charge in [-0.1, -0.05) is 20.8 Å². The lowest BCUT2D eigenvalue weighted by atomic mass is 9.44. The Hall–Kier alpha value is 0.177. The van der Waals surface area contributed by atoms with Crippen LogP contribution in [0.5, 0.6) is 0 Å². The van der Waals surface area contributed by atoms with Gasteiger partial charge in [0.15, 0.2) is 8.32 Å². The highest BCUT2D eigenvalue weighted by Gasteiger charge is 2.57. The van der Waals surface area contributed by atoms with Crippen molar-refractivity contribution >= 4 is 8.32 Å². The summed E-state index contributed by atoms with van der Waals surface area (Å²) in [6.45, 7) is 7.19. The van der Waals surface area contributed by atoms with Crippen LogP contribution < -0.4 is 0 Å². The minimum absolute atomic E-state index is 0.652. The SMILES string of the molecule is CC[Si](CC)(CC)O[C@H]1CC[C@H]2CCC3C[C@@H]4CC[C@H]3[C@H]2[C@@H]41. The first-order valence-corrected chi connectivity index (χ1v) is 12.9. The van der Waals surface area contributed by atoms with Crippen LogP contribution >= 0.6 is 0 Å². The normalized spacial score (nSPS) is 46.8. The molecule has 0 N–H and O–H groups in total. The maximum absolute atomic E-state index is 7.10. The predicted molar refractivity (Wildman–Crippen MR) is 95.3 cm³/mol. The number of hydrogen-bond donors (Lipinski definition) is 0. The second-order valence-electron chi connectivity index (χ2n) is 8.97. The van der Waals surface area contributed by atoms with Gasteiger partial charge in [-0.25, -0.2) is 0 Å². The molecular formula is C20H36OSi. The Bertz CT molecular complexity index is 396. The van der Waals surface area contributed by atoms with Crippen molar-refractivity contribution < 1.29 is 4.43 Å². The van der Waals surface area contributed by atoms with Crippen LogP contribution in [0.4, 0.5) is 0 Å². The van der Waals surface area contributed by atoms with E-state index in [2.05, 4.69) is 20.8 Å². The molecule has 0 saturated heterocycles. The van der Waals surface area contributed by atoms with Crippen LogP contribution in [0, 0.1) is 35.5 Å². The van der Waals surface area contributed by atoms with Gasteiger partial charge in [-0.05, 0) is 98.6 Å². The molecule has 0 heterocycles. The molecule has 0 aliphatic heterocycles. The first kappa shape index (κ1) is 15.7. The van der Waals surface area contributed by atoms with Gasteiger partial charge in [-0.15, -0.1) is 0 Å². The highest BCUT2D eigenvalue weighted by atomic mass is 28.4. The Morgan fingerprint density at radius 1 is 0.727 bits per heavy atom. The van der Waals surface area contributed by atoms with Gasteiger partial charge < -0.3 is 4.43 Å². The Morgan fingerprint density at radius 2 is 1.36 bits per heavy atom. The molecule has 0 amide bonds. The van der Waals surface area contributed by atoms with Crippen molar-refractivity contribution in [3.8, 4) is 0 Å². The summed E-state index contributed by atoms with van der Waals surface area (Å²) in [6, 6.07) is 3.98. The topological polar surface area (TPSA) is 9.23 Å². The summed E-state index contributed by atoms with van der Waals surface area (Å²) in [5.41, 5.74) is 0. The van der Waals surface area contributed by atoms with Gasteiger partial charge in [0.1, 0.15) is 0 Å². The zero-order chi connectivity index (χ0) is 15.3. The van der Waals surface area contributed by atoms with Crippen molar-refractivity contribution in [1.29, 1.82) is 0 Å². The molecule has 5 aliphatic rings. The molecule has 2 heteroatoms. The molecule has 5 rings (SSSR count). The number of fused-ring (bicyclic) bond motifs is 1. The average Bonchev–Trinajstić information content (AvgIpc) is 2.59. The summed E-state index contributed by atoms with van der Waals surface area (Å²) < 4.78 is 7.10.